The van der Waals surface area contributed by atoms with Gasteiger partial charge >= 0.3 is 6.03 Å². The lowest BCUT2D eigenvalue weighted by Crippen LogP contribution is -2.63. The van der Waals surface area contributed by atoms with Crippen molar-refractivity contribution in [1.82, 2.24) is 9.91 Å². The SMILES string of the molecule is O=C(N1CC2(CCCOC2)C1)N1N=CC[C@H]1c1cc(F)cc(F)c1. The second-order valence-corrected chi connectivity index (χ2v) is 6.89. The second-order valence-electron chi connectivity index (χ2n) is 6.89. The van der Waals surface area contributed by atoms with Crippen LogP contribution < -0.4 is 0 Å². The van der Waals surface area contributed by atoms with E-state index in [0.29, 0.717) is 31.7 Å². The number of nitrogens with zero attached hydrogens (tertiary/aromatic N) is 3. The Kier molecular flexibility index (Phi) is 3.75. The van der Waals surface area contributed by atoms with Gasteiger partial charge in [-0.15, -0.1) is 0 Å². The van der Waals surface area contributed by atoms with E-state index in [9.17, 15) is 13.6 Å². The number of halogens is 2. The van der Waals surface area contributed by atoms with Crippen LogP contribution in [0.15, 0.2) is 23.3 Å². The Hall–Kier alpha value is -2.02. The summed E-state index contributed by atoms with van der Waals surface area (Å²) in [7, 11) is 0. The smallest absolute Gasteiger partial charge is 0.341 e. The van der Waals surface area contributed by atoms with Gasteiger partial charge in [0, 0.05) is 43.8 Å². The quantitative estimate of drug-likeness (QED) is 0.792. The average Bonchev–Trinajstić information content (AvgIpc) is 3.01. The van der Waals surface area contributed by atoms with E-state index in [-0.39, 0.29) is 11.4 Å². The van der Waals surface area contributed by atoms with Crippen molar-refractivity contribution in [2.45, 2.75) is 25.3 Å². The molecule has 2 fully saturated rings. The summed E-state index contributed by atoms with van der Waals surface area (Å²) in [5.41, 5.74) is 0.507. The Morgan fingerprint density at radius 1 is 1.25 bits per heavy atom. The van der Waals surface area contributed by atoms with Gasteiger partial charge in [-0.25, -0.2) is 18.6 Å². The number of hydrogen-bond donors (Lipinski definition) is 0. The van der Waals surface area contributed by atoms with E-state index >= 15 is 0 Å². The van der Waals surface area contributed by atoms with Crippen LogP contribution in [0.3, 0.4) is 0 Å². The van der Waals surface area contributed by atoms with Gasteiger partial charge in [-0.2, -0.15) is 5.10 Å². The number of urea groups is 1. The monoisotopic (exact) mass is 335 g/mol. The zero-order chi connectivity index (χ0) is 16.7. The van der Waals surface area contributed by atoms with Crippen molar-refractivity contribution in [3.63, 3.8) is 0 Å². The molecule has 1 spiro atoms. The number of carbonyl (C=O) groups is 1. The molecule has 1 atom stereocenters. The van der Waals surface area contributed by atoms with Crippen molar-refractivity contribution in [3.8, 4) is 0 Å². The van der Waals surface area contributed by atoms with Gasteiger partial charge < -0.3 is 9.64 Å². The molecule has 4 rings (SSSR count). The average molecular weight is 335 g/mol. The molecule has 1 aromatic carbocycles. The second kappa shape index (κ2) is 5.81. The molecule has 0 saturated carbocycles. The topological polar surface area (TPSA) is 45.1 Å². The van der Waals surface area contributed by atoms with E-state index in [0.717, 1.165) is 25.5 Å². The van der Waals surface area contributed by atoms with Gasteiger partial charge in [-0.3, -0.25) is 0 Å². The van der Waals surface area contributed by atoms with Crippen LogP contribution in [-0.2, 0) is 4.74 Å². The van der Waals surface area contributed by atoms with Gasteiger partial charge in [0.1, 0.15) is 11.6 Å². The van der Waals surface area contributed by atoms with Gasteiger partial charge in [0.25, 0.3) is 0 Å². The summed E-state index contributed by atoms with van der Waals surface area (Å²) < 4.78 is 32.5. The molecule has 128 valence electrons. The predicted octanol–water partition coefficient (Wildman–Crippen LogP) is 2.93. The number of carbonyl (C=O) groups excluding carboxylic acids is 1. The van der Waals surface area contributed by atoms with Crippen LogP contribution in [0.4, 0.5) is 13.6 Å². The summed E-state index contributed by atoms with van der Waals surface area (Å²) in [6.45, 7) is 2.79. The van der Waals surface area contributed by atoms with E-state index in [1.54, 1.807) is 11.1 Å². The van der Waals surface area contributed by atoms with E-state index in [2.05, 4.69) is 5.10 Å². The molecule has 3 aliphatic rings. The highest BCUT2D eigenvalue weighted by atomic mass is 19.1. The minimum Gasteiger partial charge on any atom is -0.381 e. The standard InChI is InChI=1S/C17H19F2N3O2/c18-13-6-12(7-14(19)8-13)15-2-4-20-22(15)16(23)21-9-17(10-21)3-1-5-24-11-17/h4,6-8,15H,1-3,5,9-11H2/t15-/m0/s1. The maximum Gasteiger partial charge on any atom is 0.341 e. The largest absolute Gasteiger partial charge is 0.381 e. The third kappa shape index (κ3) is 2.66. The molecule has 24 heavy (non-hydrogen) atoms. The Labute approximate surface area is 138 Å². The highest BCUT2D eigenvalue weighted by molar-refractivity contribution is 5.79. The predicted molar refractivity (Wildman–Crippen MR) is 83.5 cm³/mol. The Bertz CT molecular complexity index is 660. The van der Waals surface area contributed by atoms with Crippen LogP contribution in [0.1, 0.15) is 30.9 Å². The highest BCUT2D eigenvalue weighted by Gasteiger charge is 2.48. The van der Waals surface area contributed by atoms with Crippen LogP contribution in [0.2, 0.25) is 0 Å². The molecule has 0 unspecified atom stereocenters. The number of hydrogen-bond acceptors (Lipinski definition) is 3. The number of benzene rings is 1. The summed E-state index contributed by atoms with van der Waals surface area (Å²) in [6, 6.07) is 2.68. The molecule has 0 bridgehead atoms. The number of rotatable bonds is 1. The van der Waals surface area contributed by atoms with Crippen molar-refractivity contribution in [3.05, 3.63) is 35.4 Å². The Morgan fingerprint density at radius 2 is 2.00 bits per heavy atom. The zero-order valence-electron chi connectivity index (χ0n) is 13.3. The lowest BCUT2D eigenvalue weighted by atomic mass is 9.75. The first-order valence-corrected chi connectivity index (χ1v) is 8.21. The molecule has 0 aromatic heterocycles. The van der Waals surface area contributed by atoms with E-state index < -0.39 is 17.7 Å². The molecule has 0 radical (unpaired) electrons. The summed E-state index contributed by atoms with van der Waals surface area (Å²) in [5.74, 6) is -1.29. The van der Waals surface area contributed by atoms with E-state index in [1.807, 2.05) is 0 Å². The van der Waals surface area contributed by atoms with Crippen LogP contribution in [0, 0.1) is 17.0 Å². The van der Waals surface area contributed by atoms with Crippen molar-refractivity contribution in [1.29, 1.82) is 0 Å². The minimum absolute atomic E-state index is 0.0812. The molecule has 2 amide bonds. The molecule has 5 nitrogen and oxygen atoms in total. The highest BCUT2D eigenvalue weighted by Crippen LogP contribution is 2.40. The fourth-order valence-corrected chi connectivity index (χ4v) is 3.85. The first-order chi connectivity index (χ1) is 11.6. The van der Waals surface area contributed by atoms with Crippen LogP contribution in [-0.4, -0.2) is 48.5 Å². The Balaban J connectivity index is 1.47. The van der Waals surface area contributed by atoms with Gasteiger partial charge in [-0.1, -0.05) is 0 Å². The lowest BCUT2D eigenvalue weighted by molar-refractivity contribution is -0.0874. The molecular formula is C17H19F2N3O2. The van der Waals surface area contributed by atoms with Crippen molar-refractivity contribution >= 4 is 12.2 Å². The first-order valence-electron chi connectivity index (χ1n) is 8.21. The number of hydrazone groups is 1. The summed E-state index contributed by atoms with van der Waals surface area (Å²) >= 11 is 0. The molecule has 2 saturated heterocycles. The molecule has 7 heteroatoms. The first kappa shape index (κ1) is 15.5. The van der Waals surface area contributed by atoms with Gasteiger partial charge in [-0.05, 0) is 30.5 Å². The number of ether oxygens (including phenoxy) is 1. The lowest BCUT2D eigenvalue weighted by Gasteiger charge is -2.52. The van der Waals surface area contributed by atoms with Crippen LogP contribution >= 0.6 is 0 Å². The molecule has 0 aliphatic carbocycles. The van der Waals surface area contributed by atoms with Gasteiger partial charge in [0.05, 0.1) is 12.6 Å². The number of likely N-dealkylation sites (tertiary alicyclic amines) is 1. The van der Waals surface area contributed by atoms with Crippen molar-refractivity contribution in [2.24, 2.45) is 10.5 Å². The summed E-state index contributed by atoms with van der Waals surface area (Å²) in [5, 5.41) is 5.47. The molecule has 1 aromatic rings. The van der Waals surface area contributed by atoms with Crippen LogP contribution in [0.5, 0.6) is 0 Å². The summed E-state index contributed by atoms with van der Waals surface area (Å²) in [6.07, 6.45) is 4.16. The fraction of sp³-hybridized carbons (Fsp3) is 0.529. The minimum atomic E-state index is -0.647. The van der Waals surface area contributed by atoms with Gasteiger partial charge in [0.2, 0.25) is 0 Å². The Morgan fingerprint density at radius 3 is 2.67 bits per heavy atom. The molecular weight excluding hydrogens is 316 g/mol. The maximum absolute atomic E-state index is 13.5. The van der Waals surface area contributed by atoms with Crippen LogP contribution in [0.25, 0.3) is 0 Å². The fourth-order valence-electron chi connectivity index (χ4n) is 3.85. The third-order valence-electron chi connectivity index (χ3n) is 5.02. The molecule has 3 heterocycles. The maximum atomic E-state index is 13.5. The zero-order valence-corrected chi connectivity index (χ0v) is 13.3. The van der Waals surface area contributed by atoms with E-state index in [4.69, 9.17) is 4.74 Å². The van der Waals surface area contributed by atoms with Gasteiger partial charge in [0.15, 0.2) is 0 Å². The third-order valence-corrected chi connectivity index (χ3v) is 5.02. The van der Waals surface area contributed by atoms with Crippen molar-refractivity contribution in [2.75, 3.05) is 26.3 Å². The number of amides is 2. The molecule has 3 aliphatic heterocycles. The normalized spacial score (nSPS) is 25.2. The van der Waals surface area contributed by atoms with Crippen molar-refractivity contribution < 1.29 is 18.3 Å². The summed E-state index contributed by atoms with van der Waals surface area (Å²) in [4.78, 5) is 14.5. The molecule has 0 N–H and O–H groups in total. The van der Waals surface area contributed by atoms with E-state index in [1.165, 1.54) is 17.1 Å².